The van der Waals surface area contributed by atoms with Crippen molar-refractivity contribution in [3.05, 3.63) is 48.0 Å². The molecule has 1 fully saturated rings. The fraction of sp³-hybridized carbons (Fsp3) is 0.350. The third-order valence-electron chi connectivity index (χ3n) is 4.64. The van der Waals surface area contributed by atoms with Crippen molar-refractivity contribution in [3.63, 3.8) is 0 Å². The lowest BCUT2D eigenvalue weighted by Gasteiger charge is -2.26. The van der Waals surface area contributed by atoms with E-state index >= 15 is 0 Å². The third kappa shape index (κ3) is 4.50. The van der Waals surface area contributed by atoms with E-state index in [0.717, 1.165) is 50.8 Å². The van der Waals surface area contributed by atoms with Crippen molar-refractivity contribution >= 4 is 17.3 Å². The topological polar surface area (TPSA) is 72.1 Å². The van der Waals surface area contributed by atoms with E-state index in [4.69, 9.17) is 14.2 Å². The van der Waals surface area contributed by atoms with Gasteiger partial charge >= 0.3 is 0 Å². The first-order valence-corrected chi connectivity index (χ1v) is 9.13. The number of fused-ring (bicyclic) bond motifs is 1. The van der Waals surface area contributed by atoms with Gasteiger partial charge in [-0.2, -0.15) is 0 Å². The summed E-state index contributed by atoms with van der Waals surface area (Å²) >= 11 is 0. The van der Waals surface area contributed by atoms with Crippen molar-refractivity contribution in [1.29, 1.82) is 0 Å². The van der Waals surface area contributed by atoms with E-state index in [9.17, 15) is 4.79 Å². The summed E-state index contributed by atoms with van der Waals surface area (Å²) in [5.74, 6) is 1.09. The van der Waals surface area contributed by atoms with Gasteiger partial charge in [0.05, 0.1) is 13.2 Å². The highest BCUT2D eigenvalue weighted by Gasteiger charge is 2.16. The molecule has 2 aliphatic heterocycles. The van der Waals surface area contributed by atoms with Crippen molar-refractivity contribution in [2.45, 2.75) is 0 Å². The molecular weight excluding hydrogens is 346 g/mol. The Hall–Kier alpha value is -2.77. The van der Waals surface area contributed by atoms with Crippen LogP contribution in [0.15, 0.2) is 42.5 Å². The molecule has 2 heterocycles. The van der Waals surface area contributed by atoms with Gasteiger partial charge in [0.2, 0.25) is 6.79 Å². The van der Waals surface area contributed by atoms with E-state index in [-0.39, 0.29) is 12.7 Å². The van der Waals surface area contributed by atoms with Crippen molar-refractivity contribution < 1.29 is 19.0 Å². The van der Waals surface area contributed by atoms with Crippen molar-refractivity contribution in [2.24, 2.45) is 0 Å². The molecule has 2 aliphatic rings. The zero-order valence-electron chi connectivity index (χ0n) is 15.1. The summed E-state index contributed by atoms with van der Waals surface area (Å²) in [5, 5.41) is 6.31. The fourth-order valence-electron chi connectivity index (χ4n) is 3.10. The van der Waals surface area contributed by atoms with Gasteiger partial charge < -0.3 is 24.8 Å². The number of nitrogens with one attached hydrogen (secondary N) is 2. The Bertz CT molecular complexity index is 788. The summed E-state index contributed by atoms with van der Waals surface area (Å²) in [5.41, 5.74) is 2.31. The first kappa shape index (κ1) is 17.6. The van der Waals surface area contributed by atoms with E-state index < -0.39 is 0 Å². The molecule has 0 aliphatic carbocycles. The van der Waals surface area contributed by atoms with Gasteiger partial charge in [-0.25, -0.2) is 0 Å². The number of hydrogen-bond donors (Lipinski definition) is 2. The molecule has 1 amide bonds. The lowest BCUT2D eigenvalue weighted by atomic mass is 10.2. The standard InChI is InChI=1S/C20H23N3O4/c24-20(15-1-6-18-19(13-15)27-14-26-18)22-17-4-2-16(3-5-17)21-7-8-23-9-11-25-12-10-23/h1-6,13,21H,7-12,14H2,(H,22,24). The van der Waals surface area contributed by atoms with Crippen LogP contribution in [0.5, 0.6) is 11.5 Å². The lowest BCUT2D eigenvalue weighted by Crippen LogP contribution is -2.38. The average Bonchev–Trinajstić information content (AvgIpc) is 3.18. The molecule has 0 atom stereocenters. The SMILES string of the molecule is O=C(Nc1ccc(NCCN2CCOCC2)cc1)c1ccc2c(c1)OCO2. The number of morpholine rings is 1. The second-order valence-electron chi connectivity index (χ2n) is 6.48. The first-order chi connectivity index (χ1) is 13.3. The minimum atomic E-state index is -0.179. The minimum absolute atomic E-state index is 0.179. The predicted molar refractivity (Wildman–Crippen MR) is 103 cm³/mol. The number of ether oxygens (including phenoxy) is 3. The number of hydrogen-bond acceptors (Lipinski definition) is 6. The summed E-state index contributed by atoms with van der Waals surface area (Å²) in [7, 11) is 0. The van der Waals surface area contributed by atoms with Crippen LogP contribution in [-0.2, 0) is 4.74 Å². The molecule has 7 heteroatoms. The molecule has 0 saturated carbocycles. The minimum Gasteiger partial charge on any atom is -0.454 e. The van der Waals surface area contributed by atoms with E-state index in [1.165, 1.54) is 0 Å². The van der Waals surface area contributed by atoms with Crippen molar-refractivity contribution in [1.82, 2.24) is 4.90 Å². The molecule has 0 spiro atoms. The molecule has 0 aromatic heterocycles. The first-order valence-electron chi connectivity index (χ1n) is 9.13. The van der Waals surface area contributed by atoms with E-state index in [2.05, 4.69) is 15.5 Å². The maximum Gasteiger partial charge on any atom is 0.255 e. The molecule has 2 aromatic carbocycles. The molecule has 0 radical (unpaired) electrons. The summed E-state index contributed by atoms with van der Waals surface area (Å²) in [4.78, 5) is 14.8. The third-order valence-corrected chi connectivity index (χ3v) is 4.64. The van der Waals surface area contributed by atoms with Crippen molar-refractivity contribution in [2.75, 3.05) is 56.8 Å². The van der Waals surface area contributed by atoms with Crippen molar-refractivity contribution in [3.8, 4) is 11.5 Å². The monoisotopic (exact) mass is 369 g/mol. The van der Waals surface area contributed by atoms with Crippen LogP contribution in [0.4, 0.5) is 11.4 Å². The second kappa shape index (κ2) is 8.28. The van der Waals surface area contributed by atoms with Crippen LogP contribution in [0.2, 0.25) is 0 Å². The summed E-state index contributed by atoms with van der Waals surface area (Å²) in [6, 6.07) is 12.9. The lowest BCUT2D eigenvalue weighted by molar-refractivity contribution is 0.0398. The highest BCUT2D eigenvalue weighted by Crippen LogP contribution is 2.32. The maximum absolute atomic E-state index is 12.4. The van der Waals surface area contributed by atoms with E-state index in [1.807, 2.05) is 24.3 Å². The number of nitrogens with zero attached hydrogens (tertiary/aromatic N) is 1. The molecular formula is C20H23N3O4. The van der Waals surface area contributed by atoms with Crippen LogP contribution in [-0.4, -0.2) is 57.0 Å². The van der Waals surface area contributed by atoms with Gasteiger partial charge in [0, 0.05) is 43.1 Å². The summed E-state index contributed by atoms with van der Waals surface area (Å²) in [6.45, 7) is 5.68. The average molecular weight is 369 g/mol. The maximum atomic E-state index is 12.4. The van der Waals surface area contributed by atoms with Gasteiger partial charge in [-0.1, -0.05) is 0 Å². The van der Waals surface area contributed by atoms with Crippen LogP contribution in [0.25, 0.3) is 0 Å². The number of rotatable bonds is 6. The van der Waals surface area contributed by atoms with E-state index in [0.29, 0.717) is 17.1 Å². The molecule has 7 nitrogen and oxygen atoms in total. The van der Waals surface area contributed by atoms with Crippen LogP contribution >= 0.6 is 0 Å². The molecule has 1 saturated heterocycles. The Morgan fingerprint density at radius 2 is 1.70 bits per heavy atom. The smallest absolute Gasteiger partial charge is 0.255 e. The molecule has 0 unspecified atom stereocenters. The highest BCUT2D eigenvalue weighted by molar-refractivity contribution is 6.04. The van der Waals surface area contributed by atoms with Gasteiger partial charge in [0.1, 0.15) is 0 Å². The van der Waals surface area contributed by atoms with Gasteiger partial charge in [-0.05, 0) is 42.5 Å². The number of anilines is 2. The molecule has 142 valence electrons. The number of carbonyl (C=O) groups excluding carboxylic acids is 1. The summed E-state index contributed by atoms with van der Waals surface area (Å²) in [6.07, 6.45) is 0. The van der Waals surface area contributed by atoms with Gasteiger partial charge in [0.25, 0.3) is 5.91 Å². The van der Waals surface area contributed by atoms with Crippen LogP contribution in [0.3, 0.4) is 0 Å². The van der Waals surface area contributed by atoms with Gasteiger partial charge in [0.15, 0.2) is 11.5 Å². The molecule has 2 aromatic rings. The molecule has 2 N–H and O–H groups in total. The molecule has 4 rings (SSSR count). The molecule has 27 heavy (non-hydrogen) atoms. The zero-order valence-corrected chi connectivity index (χ0v) is 15.1. The fourth-order valence-corrected chi connectivity index (χ4v) is 3.10. The Kier molecular flexibility index (Phi) is 5.41. The Morgan fingerprint density at radius 3 is 2.52 bits per heavy atom. The zero-order chi connectivity index (χ0) is 18.5. The van der Waals surface area contributed by atoms with Crippen LogP contribution in [0.1, 0.15) is 10.4 Å². The summed E-state index contributed by atoms with van der Waals surface area (Å²) < 4.78 is 15.9. The van der Waals surface area contributed by atoms with E-state index in [1.54, 1.807) is 18.2 Å². The highest BCUT2D eigenvalue weighted by atomic mass is 16.7. The molecule has 0 bridgehead atoms. The second-order valence-corrected chi connectivity index (χ2v) is 6.48. The number of amides is 1. The Balaban J connectivity index is 1.27. The number of benzene rings is 2. The van der Waals surface area contributed by atoms with Crippen LogP contribution < -0.4 is 20.1 Å². The Labute approximate surface area is 158 Å². The predicted octanol–water partition coefficient (Wildman–Crippen LogP) is 2.41. The van der Waals surface area contributed by atoms with Gasteiger partial charge in [-0.3, -0.25) is 9.69 Å². The van der Waals surface area contributed by atoms with Gasteiger partial charge in [-0.15, -0.1) is 0 Å². The Morgan fingerprint density at radius 1 is 0.963 bits per heavy atom. The number of carbonyl (C=O) groups is 1. The van der Waals surface area contributed by atoms with Crippen LogP contribution in [0, 0.1) is 0 Å². The quantitative estimate of drug-likeness (QED) is 0.815. The normalized spacial score (nSPS) is 16.1. The largest absolute Gasteiger partial charge is 0.454 e.